The van der Waals surface area contributed by atoms with E-state index in [-0.39, 0.29) is 12.5 Å². The lowest BCUT2D eigenvalue weighted by molar-refractivity contribution is -0.00582. The molecule has 8 heteroatoms. The summed E-state index contributed by atoms with van der Waals surface area (Å²) < 4.78 is 15.8. The highest BCUT2D eigenvalue weighted by Gasteiger charge is 2.33. The van der Waals surface area contributed by atoms with Gasteiger partial charge >= 0.3 is 0 Å². The fourth-order valence-electron chi connectivity index (χ4n) is 3.39. The van der Waals surface area contributed by atoms with Crippen LogP contribution in [0.25, 0.3) is 10.9 Å². The number of carbonyl (C=O) groups is 1. The third-order valence-electron chi connectivity index (χ3n) is 4.83. The molecule has 0 bridgehead atoms. The number of nitrogens with zero attached hydrogens (tertiary/aromatic N) is 4. The quantitative estimate of drug-likeness (QED) is 0.685. The first-order valence-electron chi connectivity index (χ1n) is 9.15. The second kappa shape index (κ2) is 7.65. The molecule has 3 heterocycles. The van der Waals surface area contributed by atoms with Crippen LogP contribution in [0, 0.1) is 13.8 Å². The maximum Gasteiger partial charge on any atom is 0.256 e. The topological polar surface area (TPSA) is 90.6 Å². The largest absolute Gasteiger partial charge is 0.377 e. The van der Waals surface area contributed by atoms with Gasteiger partial charge < -0.3 is 18.9 Å². The summed E-state index contributed by atoms with van der Waals surface area (Å²) in [6.07, 6.45) is 0. The summed E-state index contributed by atoms with van der Waals surface area (Å²) in [7, 11) is 1.56. The smallest absolute Gasteiger partial charge is 0.256 e. The highest BCUT2D eigenvalue weighted by Crippen LogP contribution is 2.26. The van der Waals surface area contributed by atoms with E-state index < -0.39 is 6.04 Å². The summed E-state index contributed by atoms with van der Waals surface area (Å²) in [6.45, 7) is 5.33. The summed E-state index contributed by atoms with van der Waals surface area (Å²) in [5, 5.41) is 4.95. The zero-order valence-corrected chi connectivity index (χ0v) is 16.1. The van der Waals surface area contributed by atoms with E-state index >= 15 is 0 Å². The number of ether oxygens (including phenoxy) is 2. The molecule has 1 amide bonds. The van der Waals surface area contributed by atoms with Crippen molar-refractivity contribution in [3.05, 3.63) is 52.8 Å². The number of methoxy groups -OCH3 is 1. The maximum atomic E-state index is 13.4. The molecule has 1 atom stereocenters. The number of amides is 1. The fraction of sp³-hybridized carbons (Fsp3) is 0.400. The molecule has 28 heavy (non-hydrogen) atoms. The standard InChI is InChI=1S/C20H22N4O4/c1-12-4-5-14-9-15(13(2)21-16(14)8-12)20(25)24-6-7-27-10-17(24)19-22-18(11-26-3)28-23-19/h4-5,8-9,17H,6-7,10-11H2,1-3H3/t17-/m1/s1. The zero-order chi connectivity index (χ0) is 19.7. The van der Waals surface area contributed by atoms with Crippen molar-refractivity contribution < 1.29 is 18.8 Å². The molecule has 1 fully saturated rings. The van der Waals surface area contributed by atoms with E-state index in [1.54, 1.807) is 12.0 Å². The third kappa shape index (κ3) is 3.48. The van der Waals surface area contributed by atoms with Gasteiger partial charge in [0, 0.05) is 19.0 Å². The van der Waals surface area contributed by atoms with E-state index in [4.69, 9.17) is 14.0 Å². The number of hydrogen-bond acceptors (Lipinski definition) is 7. The molecule has 0 spiro atoms. The van der Waals surface area contributed by atoms with E-state index in [0.717, 1.165) is 16.5 Å². The van der Waals surface area contributed by atoms with Gasteiger partial charge in [0.1, 0.15) is 12.6 Å². The van der Waals surface area contributed by atoms with Gasteiger partial charge in [-0.1, -0.05) is 17.3 Å². The molecular formula is C20H22N4O4. The number of morpholine rings is 1. The van der Waals surface area contributed by atoms with Gasteiger partial charge in [-0.2, -0.15) is 4.98 Å². The summed E-state index contributed by atoms with van der Waals surface area (Å²) >= 11 is 0. The molecule has 1 aromatic carbocycles. The number of rotatable bonds is 4. The normalized spacial score (nSPS) is 17.2. The molecule has 0 N–H and O–H groups in total. The van der Waals surface area contributed by atoms with Crippen molar-refractivity contribution in [3.63, 3.8) is 0 Å². The van der Waals surface area contributed by atoms with Gasteiger partial charge in [0.25, 0.3) is 11.8 Å². The van der Waals surface area contributed by atoms with E-state index in [2.05, 4.69) is 15.1 Å². The molecule has 3 aromatic rings. The van der Waals surface area contributed by atoms with Gasteiger partial charge in [0.2, 0.25) is 0 Å². The third-order valence-corrected chi connectivity index (χ3v) is 4.83. The number of fused-ring (bicyclic) bond motifs is 1. The predicted octanol–water partition coefficient (Wildman–Crippen LogP) is 2.59. The van der Waals surface area contributed by atoms with Crippen LogP contribution >= 0.6 is 0 Å². The number of aromatic nitrogens is 3. The first-order chi connectivity index (χ1) is 13.6. The number of aryl methyl sites for hydroxylation is 2. The lowest BCUT2D eigenvalue weighted by Crippen LogP contribution is -2.44. The second-order valence-corrected chi connectivity index (χ2v) is 6.89. The van der Waals surface area contributed by atoms with Crippen LogP contribution in [0.1, 0.15) is 39.4 Å². The van der Waals surface area contributed by atoms with Crippen LogP contribution < -0.4 is 0 Å². The Kier molecular flexibility index (Phi) is 5.06. The second-order valence-electron chi connectivity index (χ2n) is 6.89. The first-order valence-corrected chi connectivity index (χ1v) is 9.15. The van der Waals surface area contributed by atoms with Gasteiger partial charge in [-0.25, -0.2) is 0 Å². The number of hydrogen-bond donors (Lipinski definition) is 0. The number of benzene rings is 1. The summed E-state index contributed by atoms with van der Waals surface area (Å²) in [5.41, 5.74) is 3.29. The minimum absolute atomic E-state index is 0.112. The minimum atomic E-state index is -0.413. The van der Waals surface area contributed by atoms with Gasteiger partial charge in [-0.15, -0.1) is 0 Å². The molecular weight excluding hydrogens is 360 g/mol. The van der Waals surface area contributed by atoms with Crippen molar-refractivity contribution in [1.29, 1.82) is 0 Å². The van der Waals surface area contributed by atoms with E-state index in [9.17, 15) is 4.79 Å². The van der Waals surface area contributed by atoms with Crippen LogP contribution in [0.5, 0.6) is 0 Å². The van der Waals surface area contributed by atoms with E-state index in [1.807, 2.05) is 38.1 Å². The van der Waals surface area contributed by atoms with Crippen molar-refractivity contribution in [3.8, 4) is 0 Å². The molecule has 0 radical (unpaired) electrons. The van der Waals surface area contributed by atoms with Crippen molar-refractivity contribution in [2.75, 3.05) is 26.9 Å². The Bertz CT molecular complexity index is 1020. The summed E-state index contributed by atoms with van der Waals surface area (Å²) in [4.78, 5) is 24.1. The first kappa shape index (κ1) is 18.5. The molecule has 4 rings (SSSR count). The molecule has 1 aliphatic rings. The predicted molar refractivity (Wildman–Crippen MR) is 101 cm³/mol. The molecule has 1 saturated heterocycles. The van der Waals surface area contributed by atoms with Crippen LogP contribution in [-0.2, 0) is 16.1 Å². The number of carbonyl (C=O) groups excluding carboxylic acids is 1. The molecule has 0 aliphatic carbocycles. The zero-order valence-electron chi connectivity index (χ0n) is 16.1. The Hall–Kier alpha value is -2.84. The van der Waals surface area contributed by atoms with Gasteiger partial charge in [0.05, 0.1) is 30.0 Å². The Labute approximate surface area is 162 Å². The Balaban J connectivity index is 1.67. The minimum Gasteiger partial charge on any atom is -0.377 e. The average molecular weight is 382 g/mol. The average Bonchev–Trinajstić information content (AvgIpc) is 3.16. The van der Waals surface area contributed by atoms with Crippen LogP contribution in [0.4, 0.5) is 0 Å². The Morgan fingerprint density at radius 2 is 2.14 bits per heavy atom. The highest BCUT2D eigenvalue weighted by molar-refractivity contribution is 5.99. The monoisotopic (exact) mass is 382 g/mol. The van der Waals surface area contributed by atoms with Gasteiger partial charge in [-0.3, -0.25) is 9.78 Å². The van der Waals surface area contributed by atoms with Crippen molar-refractivity contribution in [1.82, 2.24) is 20.0 Å². The van der Waals surface area contributed by atoms with E-state index in [0.29, 0.717) is 42.7 Å². The van der Waals surface area contributed by atoms with Crippen LogP contribution in [0.15, 0.2) is 28.8 Å². The number of pyridine rings is 1. The molecule has 0 unspecified atom stereocenters. The molecule has 146 valence electrons. The Morgan fingerprint density at radius 3 is 2.96 bits per heavy atom. The molecule has 2 aromatic heterocycles. The lowest BCUT2D eigenvalue weighted by atomic mass is 10.1. The Morgan fingerprint density at radius 1 is 1.29 bits per heavy atom. The lowest BCUT2D eigenvalue weighted by Gasteiger charge is -2.34. The van der Waals surface area contributed by atoms with Gasteiger partial charge in [-0.05, 0) is 31.5 Å². The SMILES string of the molecule is COCc1nc([C@H]2COCCN2C(=O)c2cc3ccc(C)cc3nc2C)no1. The van der Waals surface area contributed by atoms with Crippen LogP contribution in [0.3, 0.4) is 0 Å². The van der Waals surface area contributed by atoms with Crippen molar-refractivity contribution in [2.24, 2.45) is 0 Å². The fourth-order valence-corrected chi connectivity index (χ4v) is 3.39. The molecule has 8 nitrogen and oxygen atoms in total. The van der Waals surface area contributed by atoms with Gasteiger partial charge in [0.15, 0.2) is 5.82 Å². The maximum absolute atomic E-state index is 13.4. The summed E-state index contributed by atoms with van der Waals surface area (Å²) in [5.74, 6) is 0.676. The van der Waals surface area contributed by atoms with Crippen LogP contribution in [0.2, 0.25) is 0 Å². The van der Waals surface area contributed by atoms with Crippen molar-refractivity contribution in [2.45, 2.75) is 26.5 Å². The van der Waals surface area contributed by atoms with E-state index in [1.165, 1.54) is 0 Å². The molecule has 0 saturated carbocycles. The van der Waals surface area contributed by atoms with Crippen LogP contribution in [-0.4, -0.2) is 52.8 Å². The summed E-state index contributed by atoms with van der Waals surface area (Å²) in [6, 6.07) is 7.51. The van der Waals surface area contributed by atoms with Crippen molar-refractivity contribution >= 4 is 16.8 Å². The molecule has 1 aliphatic heterocycles. The highest BCUT2D eigenvalue weighted by atomic mass is 16.5.